The molecule has 0 atom stereocenters. The second-order valence-corrected chi connectivity index (χ2v) is 6.66. The third-order valence-electron chi connectivity index (χ3n) is 3.58. The summed E-state index contributed by atoms with van der Waals surface area (Å²) in [7, 11) is 0. The molecular weight excluding hydrogens is 276 g/mol. The van der Waals surface area contributed by atoms with Crippen LogP contribution < -0.4 is 5.32 Å². The van der Waals surface area contributed by atoms with E-state index in [4.69, 9.17) is 4.52 Å². The number of carbonyl (C=O) groups is 1. The third kappa shape index (κ3) is 3.75. The molecule has 0 unspecified atom stereocenters. The third-order valence-corrected chi connectivity index (χ3v) is 3.58. The van der Waals surface area contributed by atoms with Crippen molar-refractivity contribution in [3.8, 4) is 0 Å². The Morgan fingerprint density at radius 2 is 1.91 bits per heavy atom. The van der Waals surface area contributed by atoms with Crippen LogP contribution in [0.3, 0.4) is 0 Å². The maximum absolute atomic E-state index is 12.6. The number of nitrogens with zero attached hydrogens (tertiary/aromatic N) is 1. The van der Waals surface area contributed by atoms with E-state index in [-0.39, 0.29) is 17.4 Å². The Hall–Kier alpha value is -2.10. The van der Waals surface area contributed by atoms with E-state index in [1.807, 2.05) is 45.9 Å². The average Bonchev–Trinajstić information content (AvgIpc) is 2.81. The normalized spacial score (nSPS) is 11.7. The number of benzene rings is 1. The molecule has 0 spiro atoms. The average molecular weight is 300 g/mol. The lowest BCUT2D eigenvalue weighted by Crippen LogP contribution is -2.45. The number of hydrogen-bond acceptors (Lipinski definition) is 3. The minimum Gasteiger partial charge on any atom is -0.360 e. The van der Waals surface area contributed by atoms with Gasteiger partial charge in [0.15, 0.2) is 5.76 Å². The van der Waals surface area contributed by atoms with Gasteiger partial charge in [0.1, 0.15) is 5.56 Å². The summed E-state index contributed by atoms with van der Waals surface area (Å²) >= 11 is 0. The Balaban J connectivity index is 2.16. The minimum atomic E-state index is -0.351. The zero-order chi connectivity index (χ0) is 16.3. The Morgan fingerprint density at radius 3 is 2.50 bits per heavy atom. The maximum Gasteiger partial charge on any atom is 0.257 e. The van der Waals surface area contributed by atoms with Gasteiger partial charge in [-0.2, -0.15) is 0 Å². The second-order valence-electron chi connectivity index (χ2n) is 6.66. The van der Waals surface area contributed by atoms with Crippen LogP contribution in [0.5, 0.6) is 0 Å². The first-order valence-electron chi connectivity index (χ1n) is 7.63. The van der Waals surface area contributed by atoms with Gasteiger partial charge in [-0.25, -0.2) is 0 Å². The zero-order valence-electron chi connectivity index (χ0n) is 13.9. The Morgan fingerprint density at radius 1 is 1.27 bits per heavy atom. The van der Waals surface area contributed by atoms with Crippen molar-refractivity contribution in [1.29, 1.82) is 0 Å². The number of amides is 1. The molecule has 0 saturated carbocycles. The van der Waals surface area contributed by atoms with Crippen LogP contribution in [0.15, 0.2) is 34.9 Å². The Labute approximate surface area is 131 Å². The number of nitrogens with one attached hydrogen (secondary N) is 1. The van der Waals surface area contributed by atoms with E-state index in [1.54, 1.807) is 6.92 Å². The summed E-state index contributed by atoms with van der Waals surface area (Å²) in [5, 5.41) is 7.04. The van der Waals surface area contributed by atoms with E-state index < -0.39 is 0 Å². The highest BCUT2D eigenvalue weighted by Gasteiger charge is 2.27. The molecule has 118 valence electrons. The van der Waals surface area contributed by atoms with Gasteiger partial charge < -0.3 is 9.84 Å². The fourth-order valence-electron chi connectivity index (χ4n) is 2.58. The van der Waals surface area contributed by atoms with Crippen molar-refractivity contribution in [2.75, 3.05) is 0 Å². The molecule has 1 heterocycles. The highest BCUT2D eigenvalue weighted by molar-refractivity contribution is 5.96. The predicted octanol–water partition coefficient (Wildman–Crippen LogP) is 3.86. The summed E-state index contributed by atoms with van der Waals surface area (Å²) in [4.78, 5) is 12.6. The van der Waals surface area contributed by atoms with Crippen LogP contribution >= 0.6 is 0 Å². The first-order chi connectivity index (χ1) is 10.3. The van der Waals surface area contributed by atoms with Crippen molar-refractivity contribution in [3.05, 3.63) is 52.9 Å². The molecular formula is C18H24N2O2. The summed E-state index contributed by atoms with van der Waals surface area (Å²) in [6.45, 7) is 9.83. The smallest absolute Gasteiger partial charge is 0.257 e. The van der Waals surface area contributed by atoms with Gasteiger partial charge in [0.25, 0.3) is 5.91 Å². The topological polar surface area (TPSA) is 55.1 Å². The van der Waals surface area contributed by atoms with E-state index in [2.05, 4.69) is 22.6 Å². The summed E-state index contributed by atoms with van der Waals surface area (Å²) in [5.74, 6) is 0.646. The van der Waals surface area contributed by atoms with Gasteiger partial charge in [-0.1, -0.05) is 49.3 Å². The summed E-state index contributed by atoms with van der Waals surface area (Å²) in [6, 6.07) is 10.1. The number of carbonyl (C=O) groups excluding carboxylic acids is 1. The fraction of sp³-hybridized carbons (Fsp3) is 0.444. The van der Waals surface area contributed by atoms with E-state index >= 15 is 0 Å². The summed E-state index contributed by atoms with van der Waals surface area (Å²) in [5.41, 5.74) is 2.04. The van der Waals surface area contributed by atoms with Gasteiger partial charge in [0.2, 0.25) is 0 Å². The highest BCUT2D eigenvalue weighted by Crippen LogP contribution is 2.23. The van der Waals surface area contributed by atoms with Crippen LogP contribution in [-0.4, -0.2) is 16.6 Å². The largest absolute Gasteiger partial charge is 0.360 e. The van der Waals surface area contributed by atoms with Crippen LogP contribution in [0.1, 0.15) is 61.0 Å². The second kappa shape index (κ2) is 6.34. The van der Waals surface area contributed by atoms with Gasteiger partial charge in [0.05, 0.1) is 5.69 Å². The van der Waals surface area contributed by atoms with Gasteiger partial charge in [-0.05, 0) is 32.8 Å². The number of hydrogen-bond donors (Lipinski definition) is 1. The monoisotopic (exact) mass is 300 g/mol. The van der Waals surface area contributed by atoms with Gasteiger partial charge in [-0.15, -0.1) is 0 Å². The van der Waals surface area contributed by atoms with Crippen molar-refractivity contribution in [2.45, 2.75) is 52.5 Å². The number of aromatic nitrogens is 1. The van der Waals surface area contributed by atoms with Crippen LogP contribution in [0.4, 0.5) is 0 Å². The molecule has 1 N–H and O–H groups in total. The summed E-state index contributed by atoms with van der Waals surface area (Å²) < 4.78 is 5.30. The molecule has 22 heavy (non-hydrogen) atoms. The number of aryl methyl sites for hydroxylation is 1. The van der Waals surface area contributed by atoms with E-state index in [9.17, 15) is 4.79 Å². The van der Waals surface area contributed by atoms with Crippen LogP contribution in [0.25, 0.3) is 0 Å². The number of rotatable bonds is 5. The van der Waals surface area contributed by atoms with Crippen molar-refractivity contribution < 1.29 is 9.32 Å². The molecule has 4 heteroatoms. The molecule has 0 saturated heterocycles. The molecule has 1 amide bonds. The SMILES string of the molecule is Cc1noc(C(C)C)c1C(=O)NC(C)(C)Cc1ccccc1. The fourth-order valence-corrected chi connectivity index (χ4v) is 2.58. The molecule has 0 radical (unpaired) electrons. The molecule has 1 aromatic heterocycles. The quantitative estimate of drug-likeness (QED) is 0.912. The van der Waals surface area contributed by atoms with E-state index in [0.717, 1.165) is 6.42 Å². The van der Waals surface area contributed by atoms with Crippen LogP contribution in [0, 0.1) is 6.92 Å². The minimum absolute atomic E-state index is 0.122. The molecule has 0 bridgehead atoms. The molecule has 0 aliphatic rings. The Bertz CT molecular complexity index is 642. The lowest BCUT2D eigenvalue weighted by atomic mass is 9.94. The Kier molecular flexibility index (Phi) is 4.69. The molecule has 2 rings (SSSR count). The van der Waals surface area contributed by atoms with Crippen molar-refractivity contribution >= 4 is 5.91 Å². The van der Waals surface area contributed by atoms with Crippen molar-refractivity contribution in [3.63, 3.8) is 0 Å². The lowest BCUT2D eigenvalue weighted by Gasteiger charge is -2.26. The van der Waals surface area contributed by atoms with Crippen LogP contribution in [0.2, 0.25) is 0 Å². The standard InChI is InChI=1S/C18H24N2O2/c1-12(2)16-15(13(3)20-22-16)17(21)19-18(4,5)11-14-9-7-6-8-10-14/h6-10,12H,11H2,1-5H3,(H,19,21). The zero-order valence-corrected chi connectivity index (χ0v) is 13.9. The lowest BCUT2D eigenvalue weighted by molar-refractivity contribution is 0.0910. The highest BCUT2D eigenvalue weighted by atomic mass is 16.5. The van der Waals surface area contributed by atoms with E-state index in [1.165, 1.54) is 5.56 Å². The first-order valence-corrected chi connectivity index (χ1v) is 7.63. The molecule has 0 aliphatic heterocycles. The first kappa shape index (κ1) is 16.3. The maximum atomic E-state index is 12.6. The molecule has 4 nitrogen and oxygen atoms in total. The molecule has 0 aliphatic carbocycles. The molecule has 2 aromatic rings. The van der Waals surface area contributed by atoms with Crippen molar-refractivity contribution in [1.82, 2.24) is 10.5 Å². The van der Waals surface area contributed by atoms with Gasteiger partial charge >= 0.3 is 0 Å². The summed E-state index contributed by atoms with van der Waals surface area (Å²) in [6.07, 6.45) is 0.765. The molecule has 1 aromatic carbocycles. The molecule has 0 fully saturated rings. The van der Waals surface area contributed by atoms with Gasteiger partial charge in [0, 0.05) is 11.5 Å². The van der Waals surface area contributed by atoms with E-state index in [0.29, 0.717) is 17.0 Å². The van der Waals surface area contributed by atoms with Crippen LogP contribution in [-0.2, 0) is 6.42 Å². The van der Waals surface area contributed by atoms with Gasteiger partial charge in [-0.3, -0.25) is 4.79 Å². The predicted molar refractivity (Wildman–Crippen MR) is 87.0 cm³/mol. The van der Waals surface area contributed by atoms with Crippen molar-refractivity contribution in [2.24, 2.45) is 0 Å².